The number of rotatable bonds is 4. The minimum Gasteiger partial charge on any atom is -0.312 e. The van der Waals surface area contributed by atoms with E-state index in [4.69, 9.17) is 0 Å². The zero-order valence-electron chi connectivity index (χ0n) is 11.2. The van der Waals surface area contributed by atoms with Crippen molar-refractivity contribution in [1.29, 1.82) is 0 Å². The summed E-state index contributed by atoms with van der Waals surface area (Å²) in [6, 6.07) is 11.3. The smallest absolute Gasteiger partial charge is 0.266 e. The van der Waals surface area contributed by atoms with Crippen LogP contribution in [-0.2, 0) is 0 Å². The number of benzene rings is 1. The van der Waals surface area contributed by atoms with E-state index >= 15 is 0 Å². The lowest BCUT2D eigenvalue weighted by molar-refractivity contribution is 0.103. The second-order valence-electron chi connectivity index (χ2n) is 4.42. The molecule has 0 radical (unpaired) electrons. The molecule has 3 aromatic rings. The van der Waals surface area contributed by atoms with Crippen LogP contribution in [0.15, 0.2) is 51.6 Å². The number of aldehydes is 1. The Hall–Kier alpha value is -1.76. The molecule has 3 nitrogen and oxygen atoms in total. The van der Waals surface area contributed by atoms with E-state index in [-0.39, 0.29) is 5.91 Å². The molecule has 3 rings (SSSR count). The van der Waals surface area contributed by atoms with Crippen LogP contribution >= 0.6 is 38.6 Å². The Bertz CT molecular complexity index is 825. The maximum Gasteiger partial charge on any atom is 0.266 e. The number of hydrogen-bond acceptors (Lipinski definition) is 4. The zero-order valence-corrected chi connectivity index (χ0v) is 14.4. The van der Waals surface area contributed by atoms with Gasteiger partial charge in [-0.2, -0.15) is 0 Å². The number of amides is 1. The number of thiophene rings is 2. The van der Waals surface area contributed by atoms with Crippen molar-refractivity contribution in [2.24, 2.45) is 0 Å². The molecule has 0 atom stereocenters. The van der Waals surface area contributed by atoms with Crippen LogP contribution in [0.5, 0.6) is 0 Å². The Labute approximate surface area is 143 Å². The molecule has 0 aliphatic heterocycles. The lowest BCUT2D eigenvalue weighted by Crippen LogP contribution is -2.10. The Kier molecular flexibility index (Phi) is 4.52. The van der Waals surface area contributed by atoms with Gasteiger partial charge in [0.1, 0.15) is 5.00 Å². The summed E-state index contributed by atoms with van der Waals surface area (Å²) in [5.74, 6) is -0.196. The Balaban J connectivity index is 1.96. The van der Waals surface area contributed by atoms with Gasteiger partial charge in [0.15, 0.2) is 6.29 Å². The van der Waals surface area contributed by atoms with Gasteiger partial charge in [0.25, 0.3) is 5.91 Å². The molecule has 0 unspecified atom stereocenters. The third-order valence-corrected chi connectivity index (χ3v) is 5.55. The summed E-state index contributed by atoms with van der Waals surface area (Å²) < 4.78 is 0.909. The third kappa shape index (κ3) is 2.90. The Morgan fingerprint density at radius 3 is 2.59 bits per heavy atom. The molecule has 0 saturated heterocycles. The molecule has 1 amide bonds. The van der Waals surface area contributed by atoms with Crippen LogP contribution in [0.1, 0.15) is 20.0 Å². The van der Waals surface area contributed by atoms with E-state index in [0.29, 0.717) is 15.4 Å². The molecular formula is C16H10BrNO2S2. The van der Waals surface area contributed by atoms with E-state index in [1.165, 1.54) is 22.7 Å². The molecular weight excluding hydrogens is 382 g/mol. The normalized spacial score (nSPS) is 10.4. The molecule has 1 N–H and O–H groups in total. The number of anilines is 1. The topological polar surface area (TPSA) is 46.2 Å². The van der Waals surface area contributed by atoms with Gasteiger partial charge in [-0.15, -0.1) is 22.7 Å². The van der Waals surface area contributed by atoms with Gasteiger partial charge >= 0.3 is 0 Å². The summed E-state index contributed by atoms with van der Waals surface area (Å²) in [4.78, 5) is 24.3. The molecule has 2 heterocycles. The Morgan fingerprint density at radius 2 is 1.91 bits per heavy atom. The molecule has 0 fully saturated rings. The summed E-state index contributed by atoms with van der Waals surface area (Å²) in [7, 11) is 0. The summed E-state index contributed by atoms with van der Waals surface area (Å²) in [6.07, 6.45) is 0.787. The molecule has 0 spiro atoms. The number of nitrogens with one attached hydrogen (secondary N) is 1. The van der Waals surface area contributed by atoms with Crippen molar-refractivity contribution in [1.82, 2.24) is 0 Å². The summed E-state index contributed by atoms with van der Waals surface area (Å²) >= 11 is 6.21. The van der Waals surface area contributed by atoms with Gasteiger partial charge in [0.05, 0.1) is 10.4 Å². The van der Waals surface area contributed by atoms with Crippen LogP contribution in [0.25, 0.3) is 11.1 Å². The molecule has 6 heteroatoms. The SMILES string of the molecule is O=Cc1c(-c2ccccc2Br)csc1NC(=O)c1cccs1. The first-order chi connectivity index (χ1) is 10.7. The zero-order chi connectivity index (χ0) is 15.5. The van der Waals surface area contributed by atoms with Crippen LogP contribution < -0.4 is 5.32 Å². The second-order valence-corrected chi connectivity index (χ2v) is 7.10. The molecule has 22 heavy (non-hydrogen) atoms. The quantitative estimate of drug-likeness (QED) is 0.612. The average molecular weight is 392 g/mol. The van der Waals surface area contributed by atoms with Gasteiger partial charge in [0, 0.05) is 15.4 Å². The van der Waals surface area contributed by atoms with Crippen molar-refractivity contribution in [3.8, 4) is 11.1 Å². The standard InChI is InChI=1S/C16H10BrNO2S2/c17-13-5-2-1-4-10(13)12-9-22-16(11(12)8-19)18-15(20)14-6-3-7-21-14/h1-9H,(H,18,20). The Morgan fingerprint density at radius 1 is 1.09 bits per heavy atom. The van der Waals surface area contributed by atoms with Gasteiger partial charge in [0.2, 0.25) is 0 Å². The summed E-state index contributed by atoms with van der Waals surface area (Å²) in [6.45, 7) is 0. The average Bonchev–Trinajstić information content (AvgIpc) is 3.17. The second kappa shape index (κ2) is 6.56. The first kappa shape index (κ1) is 15.1. The van der Waals surface area contributed by atoms with E-state index in [9.17, 15) is 9.59 Å². The first-order valence-electron chi connectivity index (χ1n) is 6.37. The summed E-state index contributed by atoms with van der Waals surface area (Å²) in [5.41, 5.74) is 2.24. The maximum absolute atomic E-state index is 12.1. The molecule has 1 aromatic carbocycles. The fourth-order valence-electron chi connectivity index (χ4n) is 2.04. The van der Waals surface area contributed by atoms with Gasteiger partial charge in [-0.25, -0.2) is 0 Å². The van der Waals surface area contributed by atoms with Crippen molar-refractivity contribution in [3.63, 3.8) is 0 Å². The third-order valence-electron chi connectivity index (χ3n) is 3.08. The van der Waals surface area contributed by atoms with E-state index in [1.807, 2.05) is 41.1 Å². The number of hydrogen-bond donors (Lipinski definition) is 1. The van der Waals surface area contributed by atoms with Crippen molar-refractivity contribution in [2.45, 2.75) is 0 Å². The summed E-state index contributed by atoms with van der Waals surface area (Å²) in [5, 5.41) is 7.11. The highest BCUT2D eigenvalue weighted by molar-refractivity contribution is 9.10. The minimum absolute atomic E-state index is 0.196. The molecule has 2 aromatic heterocycles. The van der Waals surface area contributed by atoms with E-state index in [1.54, 1.807) is 6.07 Å². The number of carbonyl (C=O) groups excluding carboxylic acids is 2. The van der Waals surface area contributed by atoms with Crippen LogP contribution in [-0.4, -0.2) is 12.2 Å². The molecule has 110 valence electrons. The van der Waals surface area contributed by atoms with Crippen molar-refractivity contribution in [3.05, 3.63) is 62.1 Å². The predicted octanol–water partition coefficient (Wildman–Crippen LogP) is 5.30. The number of carbonyl (C=O) groups is 2. The lowest BCUT2D eigenvalue weighted by atomic mass is 10.1. The van der Waals surface area contributed by atoms with E-state index in [0.717, 1.165) is 21.9 Å². The van der Waals surface area contributed by atoms with Crippen LogP contribution in [0, 0.1) is 0 Å². The first-order valence-corrected chi connectivity index (χ1v) is 8.92. The molecule has 0 saturated carbocycles. The lowest BCUT2D eigenvalue weighted by Gasteiger charge is -2.05. The van der Waals surface area contributed by atoms with E-state index < -0.39 is 0 Å². The molecule has 0 aliphatic rings. The fraction of sp³-hybridized carbons (Fsp3) is 0. The molecule has 0 aliphatic carbocycles. The highest BCUT2D eigenvalue weighted by atomic mass is 79.9. The van der Waals surface area contributed by atoms with Gasteiger partial charge < -0.3 is 5.32 Å². The van der Waals surface area contributed by atoms with Crippen LogP contribution in [0.4, 0.5) is 5.00 Å². The van der Waals surface area contributed by atoms with Crippen LogP contribution in [0.2, 0.25) is 0 Å². The van der Waals surface area contributed by atoms with Crippen molar-refractivity contribution >= 4 is 55.8 Å². The van der Waals surface area contributed by atoms with Crippen molar-refractivity contribution < 1.29 is 9.59 Å². The largest absolute Gasteiger partial charge is 0.312 e. The van der Waals surface area contributed by atoms with Gasteiger partial charge in [-0.3, -0.25) is 9.59 Å². The highest BCUT2D eigenvalue weighted by Gasteiger charge is 2.17. The minimum atomic E-state index is -0.196. The number of halogens is 1. The fourth-order valence-corrected chi connectivity index (χ4v) is 4.09. The molecule has 0 bridgehead atoms. The maximum atomic E-state index is 12.1. The monoisotopic (exact) mass is 391 g/mol. The van der Waals surface area contributed by atoms with E-state index in [2.05, 4.69) is 21.2 Å². The predicted molar refractivity (Wildman–Crippen MR) is 95.1 cm³/mol. The van der Waals surface area contributed by atoms with Gasteiger partial charge in [-0.1, -0.05) is 40.2 Å². The van der Waals surface area contributed by atoms with Crippen molar-refractivity contribution in [2.75, 3.05) is 5.32 Å². The van der Waals surface area contributed by atoms with Gasteiger partial charge in [-0.05, 0) is 23.1 Å². The van der Waals surface area contributed by atoms with Crippen LogP contribution in [0.3, 0.4) is 0 Å². The highest BCUT2D eigenvalue weighted by Crippen LogP contribution is 2.37.